The molecule has 84 valence electrons. The molecule has 1 aromatic rings. The number of ether oxygens (including phenoxy) is 1. The molecule has 0 aromatic heterocycles. The van der Waals surface area contributed by atoms with Crippen LogP contribution in [0.2, 0.25) is 0 Å². The average Bonchev–Trinajstić information content (AvgIpc) is 2.23. The number of hydrogen-bond donors (Lipinski definition) is 1. The van der Waals surface area contributed by atoms with Crippen LogP contribution in [0.5, 0.6) is 5.75 Å². The van der Waals surface area contributed by atoms with Crippen molar-refractivity contribution in [3.8, 4) is 5.75 Å². The van der Waals surface area contributed by atoms with Crippen LogP contribution < -0.4 is 10.5 Å². The molecule has 0 spiro atoms. The van der Waals surface area contributed by atoms with E-state index in [0.717, 1.165) is 23.6 Å². The number of benzene rings is 1. The molecule has 0 aliphatic carbocycles. The molecule has 2 N–H and O–H groups in total. The zero-order valence-corrected chi connectivity index (χ0v) is 9.03. The fourth-order valence-electron chi connectivity index (χ4n) is 0.970. The van der Waals surface area contributed by atoms with E-state index in [1.165, 1.54) is 6.07 Å². The first-order valence-electron chi connectivity index (χ1n) is 4.59. The highest BCUT2D eigenvalue weighted by Crippen LogP contribution is 2.15. The van der Waals surface area contributed by atoms with Crippen molar-refractivity contribution in [1.82, 2.24) is 0 Å². The minimum Gasteiger partial charge on any atom is -0.493 e. The molecule has 1 rings (SSSR count). The zero-order chi connectivity index (χ0) is 11.1. The third kappa shape index (κ3) is 4.48. The normalized spacial score (nSPS) is 10.3. The highest BCUT2D eigenvalue weighted by atomic mass is 32.2. The number of hydrogen-bond acceptors (Lipinski definition) is 3. The smallest absolute Gasteiger partial charge is 0.162 e. The molecule has 0 bridgehead atoms. The van der Waals surface area contributed by atoms with E-state index in [4.69, 9.17) is 10.5 Å². The van der Waals surface area contributed by atoms with Gasteiger partial charge in [-0.1, -0.05) is 0 Å². The Balaban J connectivity index is 2.28. The van der Waals surface area contributed by atoms with Gasteiger partial charge in [-0.15, -0.1) is 0 Å². The average molecular weight is 233 g/mol. The predicted molar refractivity (Wildman–Crippen MR) is 58.2 cm³/mol. The molecule has 0 fully saturated rings. The van der Waals surface area contributed by atoms with Crippen molar-refractivity contribution in [2.45, 2.75) is 0 Å². The van der Waals surface area contributed by atoms with E-state index in [2.05, 4.69) is 0 Å². The van der Waals surface area contributed by atoms with Crippen molar-refractivity contribution in [3.63, 3.8) is 0 Å². The first kappa shape index (κ1) is 12.3. The van der Waals surface area contributed by atoms with Gasteiger partial charge in [0.15, 0.2) is 11.6 Å². The molecule has 0 unspecified atom stereocenters. The molecule has 1 aromatic carbocycles. The summed E-state index contributed by atoms with van der Waals surface area (Å²) in [6.45, 7) is 1.10. The molecule has 0 heterocycles. The largest absolute Gasteiger partial charge is 0.493 e. The highest BCUT2D eigenvalue weighted by Gasteiger charge is 2.02. The highest BCUT2D eigenvalue weighted by molar-refractivity contribution is 7.99. The summed E-state index contributed by atoms with van der Waals surface area (Å²) in [6.07, 6.45) is 0. The summed E-state index contributed by atoms with van der Waals surface area (Å²) >= 11 is 1.66. The molecule has 0 amide bonds. The minimum absolute atomic E-state index is 0.349. The number of rotatable bonds is 6. The molecule has 0 aliphatic heterocycles. The minimum atomic E-state index is -0.887. The van der Waals surface area contributed by atoms with E-state index in [-0.39, 0.29) is 0 Å². The first-order chi connectivity index (χ1) is 7.24. The molecule has 2 nitrogen and oxygen atoms in total. The number of thioether (sulfide) groups is 1. The molecule has 0 saturated carbocycles. The SMILES string of the molecule is NCCSCCOc1ccc(F)c(F)c1. The van der Waals surface area contributed by atoms with Gasteiger partial charge >= 0.3 is 0 Å². The van der Waals surface area contributed by atoms with Gasteiger partial charge in [0.1, 0.15) is 5.75 Å². The summed E-state index contributed by atoms with van der Waals surface area (Å²) in [4.78, 5) is 0. The van der Waals surface area contributed by atoms with Crippen LogP contribution in [0.1, 0.15) is 0 Å². The van der Waals surface area contributed by atoms with Gasteiger partial charge < -0.3 is 10.5 Å². The van der Waals surface area contributed by atoms with Gasteiger partial charge in [-0.25, -0.2) is 8.78 Å². The van der Waals surface area contributed by atoms with Crippen LogP contribution in [0, 0.1) is 11.6 Å². The maximum atomic E-state index is 12.7. The summed E-state index contributed by atoms with van der Waals surface area (Å²) in [7, 11) is 0. The fourth-order valence-corrected chi connectivity index (χ4v) is 1.54. The standard InChI is InChI=1S/C10H13F2NOS/c11-9-2-1-8(7-10(9)12)14-4-6-15-5-3-13/h1-2,7H,3-6,13H2. The van der Waals surface area contributed by atoms with Gasteiger partial charge in [0.05, 0.1) is 6.61 Å². The van der Waals surface area contributed by atoms with Crippen molar-refractivity contribution in [2.24, 2.45) is 5.73 Å². The molecule has 5 heteroatoms. The van der Waals surface area contributed by atoms with Gasteiger partial charge in [0, 0.05) is 24.1 Å². The van der Waals surface area contributed by atoms with Crippen LogP contribution in [0.3, 0.4) is 0 Å². The van der Waals surface area contributed by atoms with E-state index in [1.54, 1.807) is 11.8 Å². The van der Waals surface area contributed by atoms with Gasteiger partial charge in [0.25, 0.3) is 0 Å². The van der Waals surface area contributed by atoms with E-state index in [1.807, 2.05) is 0 Å². The number of halogens is 2. The van der Waals surface area contributed by atoms with Crippen molar-refractivity contribution in [2.75, 3.05) is 24.7 Å². The van der Waals surface area contributed by atoms with E-state index in [9.17, 15) is 8.78 Å². The second-order valence-electron chi connectivity index (χ2n) is 2.83. The summed E-state index contributed by atoms with van der Waals surface area (Å²) in [5.41, 5.74) is 5.31. The third-order valence-electron chi connectivity index (χ3n) is 1.65. The van der Waals surface area contributed by atoms with E-state index < -0.39 is 11.6 Å². The van der Waals surface area contributed by atoms with E-state index in [0.29, 0.717) is 18.9 Å². The topological polar surface area (TPSA) is 35.2 Å². The van der Waals surface area contributed by atoms with Crippen LogP contribution in [0.4, 0.5) is 8.78 Å². The van der Waals surface area contributed by atoms with Crippen molar-refractivity contribution in [1.29, 1.82) is 0 Å². The summed E-state index contributed by atoms with van der Waals surface area (Å²) < 4.78 is 30.5. The Hall–Kier alpha value is -0.810. The van der Waals surface area contributed by atoms with Gasteiger partial charge in [0.2, 0.25) is 0 Å². The van der Waals surface area contributed by atoms with Crippen LogP contribution >= 0.6 is 11.8 Å². The third-order valence-corrected chi connectivity index (χ3v) is 2.63. The summed E-state index contributed by atoms with van der Waals surface area (Å²) in [5.74, 6) is 0.265. The molecule has 0 radical (unpaired) electrons. The maximum absolute atomic E-state index is 12.7. The van der Waals surface area contributed by atoms with E-state index >= 15 is 0 Å². The number of nitrogens with two attached hydrogens (primary N) is 1. The Bertz CT molecular complexity index is 309. The van der Waals surface area contributed by atoms with Crippen LogP contribution in [-0.2, 0) is 0 Å². The molecule has 0 atom stereocenters. The molecular formula is C10H13F2NOS. The van der Waals surface area contributed by atoms with Crippen molar-refractivity contribution >= 4 is 11.8 Å². The lowest BCUT2D eigenvalue weighted by molar-refractivity contribution is 0.340. The van der Waals surface area contributed by atoms with Gasteiger partial charge in [-0.3, -0.25) is 0 Å². The quantitative estimate of drug-likeness (QED) is 0.764. The maximum Gasteiger partial charge on any atom is 0.162 e. The molecule has 0 aliphatic rings. The Morgan fingerprint density at radius 2 is 2.00 bits per heavy atom. The molecule has 0 saturated heterocycles. The lowest BCUT2D eigenvalue weighted by Crippen LogP contribution is -2.05. The second-order valence-corrected chi connectivity index (χ2v) is 4.05. The van der Waals surface area contributed by atoms with Crippen molar-refractivity contribution < 1.29 is 13.5 Å². The Morgan fingerprint density at radius 3 is 2.67 bits per heavy atom. The monoisotopic (exact) mass is 233 g/mol. The molecular weight excluding hydrogens is 220 g/mol. The predicted octanol–water partition coefficient (Wildman–Crippen LogP) is 2.04. The van der Waals surface area contributed by atoms with Crippen LogP contribution in [0.15, 0.2) is 18.2 Å². The van der Waals surface area contributed by atoms with Crippen molar-refractivity contribution in [3.05, 3.63) is 29.8 Å². The van der Waals surface area contributed by atoms with Crippen LogP contribution in [-0.4, -0.2) is 24.7 Å². The lowest BCUT2D eigenvalue weighted by Gasteiger charge is -2.05. The summed E-state index contributed by atoms with van der Waals surface area (Å²) in [6, 6.07) is 3.51. The Labute approximate surface area is 91.8 Å². The van der Waals surface area contributed by atoms with Gasteiger partial charge in [-0.2, -0.15) is 11.8 Å². The molecule has 15 heavy (non-hydrogen) atoms. The lowest BCUT2D eigenvalue weighted by atomic mass is 10.3. The summed E-state index contributed by atoms with van der Waals surface area (Å²) in [5, 5.41) is 0. The van der Waals surface area contributed by atoms with Crippen LogP contribution in [0.25, 0.3) is 0 Å². The second kappa shape index (κ2) is 6.63. The van der Waals surface area contributed by atoms with Gasteiger partial charge in [-0.05, 0) is 12.1 Å². The first-order valence-corrected chi connectivity index (χ1v) is 5.75. The zero-order valence-electron chi connectivity index (χ0n) is 8.21. The fraction of sp³-hybridized carbons (Fsp3) is 0.400. The Morgan fingerprint density at radius 1 is 1.20 bits per heavy atom. The Kier molecular flexibility index (Phi) is 5.42.